The van der Waals surface area contributed by atoms with Gasteiger partial charge >= 0.3 is 0 Å². The molecule has 1 aliphatic heterocycles. The molecule has 2 rings (SSSR count). The summed E-state index contributed by atoms with van der Waals surface area (Å²) >= 11 is 1.27. The van der Waals surface area contributed by atoms with Crippen molar-refractivity contribution in [3.8, 4) is 0 Å². The van der Waals surface area contributed by atoms with Crippen molar-refractivity contribution in [2.45, 2.75) is 43.6 Å². The highest BCUT2D eigenvalue weighted by atomic mass is 32.2. The number of hydrazone groups is 1. The van der Waals surface area contributed by atoms with Gasteiger partial charge in [-0.15, -0.1) is 0 Å². The molecule has 0 saturated heterocycles. The van der Waals surface area contributed by atoms with Gasteiger partial charge in [0.2, 0.25) is 0 Å². The van der Waals surface area contributed by atoms with Gasteiger partial charge in [0.05, 0.1) is 6.10 Å². The number of nitrogens with zero attached hydrogens (tertiary/aromatic N) is 1. The first-order valence-electron chi connectivity index (χ1n) is 6.69. The van der Waals surface area contributed by atoms with E-state index in [0.717, 1.165) is 11.1 Å². The largest absolute Gasteiger partial charge is 0.391 e. The molecule has 0 aromatic heterocycles. The summed E-state index contributed by atoms with van der Waals surface area (Å²) in [6.07, 6.45) is -5.25. The molecule has 1 aromatic carbocycles. The summed E-state index contributed by atoms with van der Waals surface area (Å²) in [5.74, 6) is 0. The second kappa shape index (κ2) is 6.76. The molecular formula is C14H20N2O4S. The third kappa shape index (κ3) is 3.75. The molecular weight excluding hydrogens is 292 g/mol. The van der Waals surface area contributed by atoms with Gasteiger partial charge in [0, 0.05) is 5.56 Å². The van der Waals surface area contributed by atoms with Crippen molar-refractivity contribution >= 4 is 16.8 Å². The lowest BCUT2D eigenvalue weighted by Crippen LogP contribution is -2.49. The third-order valence-electron chi connectivity index (χ3n) is 3.33. The van der Waals surface area contributed by atoms with E-state index in [1.54, 1.807) is 0 Å². The van der Waals surface area contributed by atoms with Crippen molar-refractivity contribution in [1.82, 2.24) is 5.43 Å². The monoisotopic (exact) mass is 312 g/mol. The van der Waals surface area contributed by atoms with Crippen LogP contribution in [0.5, 0.6) is 0 Å². The average molecular weight is 312 g/mol. The normalized spacial score (nSPS) is 23.9. The molecule has 116 valence electrons. The zero-order valence-electron chi connectivity index (χ0n) is 11.8. The zero-order chi connectivity index (χ0) is 15.6. The SMILES string of the molecule is Cc1ccc(C2=NN[C@@H]([C@H](O)[C@@H](O)[C@@H](O)[C@H](C)O)S2)cc1. The molecule has 1 aromatic rings. The highest BCUT2D eigenvalue weighted by molar-refractivity contribution is 8.15. The van der Waals surface area contributed by atoms with Gasteiger partial charge in [0.1, 0.15) is 28.7 Å². The smallest absolute Gasteiger partial charge is 0.125 e. The number of aliphatic hydroxyl groups excluding tert-OH is 4. The topological polar surface area (TPSA) is 105 Å². The summed E-state index contributed by atoms with van der Waals surface area (Å²) in [6.45, 7) is 3.34. The summed E-state index contributed by atoms with van der Waals surface area (Å²) < 4.78 is 0. The molecule has 0 radical (unpaired) electrons. The number of aryl methyl sites for hydroxylation is 1. The van der Waals surface area contributed by atoms with Crippen molar-refractivity contribution < 1.29 is 20.4 Å². The predicted octanol–water partition coefficient (Wildman–Crippen LogP) is -0.217. The van der Waals surface area contributed by atoms with Crippen molar-refractivity contribution in [2.75, 3.05) is 0 Å². The van der Waals surface area contributed by atoms with Crippen LogP contribution in [0.3, 0.4) is 0 Å². The number of thioether (sulfide) groups is 1. The van der Waals surface area contributed by atoms with Crippen LogP contribution in [0.2, 0.25) is 0 Å². The second-order valence-electron chi connectivity index (χ2n) is 5.16. The van der Waals surface area contributed by atoms with Crippen LogP contribution in [0.1, 0.15) is 18.1 Å². The van der Waals surface area contributed by atoms with E-state index in [2.05, 4.69) is 10.5 Å². The molecule has 0 aliphatic carbocycles. The Morgan fingerprint density at radius 3 is 2.29 bits per heavy atom. The number of nitrogens with one attached hydrogen (secondary N) is 1. The van der Waals surface area contributed by atoms with Gasteiger partial charge < -0.3 is 20.4 Å². The lowest BCUT2D eigenvalue weighted by Gasteiger charge is -2.27. The number of hydrogen-bond donors (Lipinski definition) is 5. The quantitative estimate of drug-likeness (QED) is 0.515. The molecule has 5 atom stereocenters. The van der Waals surface area contributed by atoms with E-state index in [4.69, 9.17) is 0 Å². The number of aliphatic hydroxyl groups is 4. The van der Waals surface area contributed by atoms with E-state index >= 15 is 0 Å². The van der Waals surface area contributed by atoms with Gasteiger partial charge in [-0.1, -0.05) is 41.6 Å². The van der Waals surface area contributed by atoms with Crippen LogP contribution in [0, 0.1) is 6.92 Å². The van der Waals surface area contributed by atoms with Gasteiger partial charge in [-0.2, -0.15) is 5.10 Å². The molecule has 0 fully saturated rings. The van der Waals surface area contributed by atoms with Gasteiger partial charge in [-0.05, 0) is 13.8 Å². The first kappa shape index (κ1) is 16.3. The van der Waals surface area contributed by atoms with Crippen molar-refractivity contribution in [3.63, 3.8) is 0 Å². The fraction of sp³-hybridized carbons (Fsp3) is 0.500. The Labute approximate surface area is 127 Å². The molecule has 0 spiro atoms. The Bertz CT molecular complexity index is 506. The Balaban J connectivity index is 1.99. The predicted molar refractivity (Wildman–Crippen MR) is 81.9 cm³/mol. The Kier molecular flexibility index (Phi) is 5.23. The third-order valence-corrected chi connectivity index (χ3v) is 4.52. The summed E-state index contributed by atoms with van der Waals surface area (Å²) in [4.78, 5) is 0. The van der Waals surface area contributed by atoms with E-state index in [1.165, 1.54) is 18.7 Å². The maximum absolute atomic E-state index is 10.1. The Hall–Kier alpha value is -1.12. The van der Waals surface area contributed by atoms with Crippen molar-refractivity contribution in [3.05, 3.63) is 35.4 Å². The van der Waals surface area contributed by atoms with Crippen LogP contribution >= 0.6 is 11.8 Å². The fourth-order valence-electron chi connectivity index (χ4n) is 1.94. The van der Waals surface area contributed by atoms with Crippen LogP contribution < -0.4 is 5.43 Å². The minimum absolute atomic E-state index is 0.579. The minimum Gasteiger partial charge on any atom is -0.391 e. The molecule has 0 unspecified atom stereocenters. The fourth-order valence-corrected chi connectivity index (χ4v) is 2.96. The molecule has 0 amide bonds. The number of benzene rings is 1. The van der Waals surface area contributed by atoms with E-state index in [-0.39, 0.29) is 0 Å². The van der Waals surface area contributed by atoms with Crippen molar-refractivity contribution in [1.29, 1.82) is 0 Å². The van der Waals surface area contributed by atoms with Gasteiger partial charge in [-0.3, -0.25) is 5.43 Å². The van der Waals surface area contributed by atoms with Crippen LogP contribution in [0.15, 0.2) is 29.4 Å². The van der Waals surface area contributed by atoms with E-state index in [9.17, 15) is 20.4 Å². The van der Waals surface area contributed by atoms with Gasteiger partial charge in [0.15, 0.2) is 0 Å². The highest BCUT2D eigenvalue weighted by Crippen LogP contribution is 2.27. The molecule has 1 aliphatic rings. The highest BCUT2D eigenvalue weighted by Gasteiger charge is 2.36. The summed E-state index contributed by atoms with van der Waals surface area (Å²) in [5, 5.41) is 43.0. The van der Waals surface area contributed by atoms with Crippen LogP contribution in [0.25, 0.3) is 0 Å². The summed E-state index contributed by atoms with van der Waals surface area (Å²) in [6, 6.07) is 7.79. The summed E-state index contributed by atoms with van der Waals surface area (Å²) in [7, 11) is 0. The minimum atomic E-state index is -1.46. The molecule has 6 nitrogen and oxygen atoms in total. The first-order valence-corrected chi connectivity index (χ1v) is 7.57. The number of rotatable bonds is 5. The van der Waals surface area contributed by atoms with E-state index in [0.29, 0.717) is 5.04 Å². The summed E-state index contributed by atoms with van der Waals surface area (Å²) in [5.41, 5.74) is 4.80. The van der Waals surface area contributed by atoms with E-state index < -0.39 is 29.8 Å². The Morgan fingerprint density at radius 2 is 1.71 bits per heavy atom. The zero-order valence-corrected chi connectivity index (χ0v) is 12.7. The first-order chi connectivity index (χ1) is 9.90. The van der Waals surface area contributed by atoms with Crippen molar-refractivity contribution in [2.24, 2.45) is 5.10 Å². The van der Waals surface area contributed by atoms with Crippen LogP contribution in [-0.4, -0.2) is 55.3 Å². The molecule has 0 bridgehead atoms. The maximum atomic E-state index is 10.1. The van der Waals surface area contributed by atoms with Gasteiger partial charge in [-0.25, -0.2) is 0 Å². The Morgan fingerprint density at radius 1 is 1.10 bits per heavy atom. The molecule has 1 heterocycles. The lowest BCUT2D eigenvalue weighted by atomic mass is 10.0. The molecule has 5 N–H and O–H groups in total. The standard InChI is InChI=1S/C14H20N2O4S/c1-7-3-5-9(6-4-7)13-15-16-14(21-13)12(20)11(19)10(18)8(2)17/h3-6,8,10-12,14,16-20H,1-2H3/t8-,10-,11-,12+,14+/m0/s1. The van der Waals surface area contributed by atoms with Crippen LogP contribution in [-0.2, 0) is 0 Å². The second-order valence-corrected chi connectivity index (χ2v) is 6.29. The average Bonchev–Trinajstić information content (AvgIpc) is 2.95. The molecule has 0 saturated carbocycles. The maximum Gasteiger partial charge on any atom is 0.125 e. The molecule has 21 heavy (non-hydrogen) atoms. The van der Waals surface area contributed by atoms with E-state index in [1.807, 2.05) is 31.2 Å². The molecule has 7 heteroatoms. The number of hydrogen-bond acceptors (Lipinski definition) is 7. The lowest BCUT2D eigenvalue weighted by molar-refractivity contribution is -0.101. The van der Waals surface area contributed by atoms with Crippen LogP contribution in [0.4, 0.5) is 0 Å². The van der Waals surface area contributed by atoms with Gasteiger partial charge in [0.25, 0.3) is 0 Å².